The molecule has 94 valence electrons. The number of nitrogens with zero attached hydrogens (tertiary/aromatic N) is 2. The largest absolute Gasteiger partial charge is 0.477 e. The SMILES string of the molecule is C=CCCOc1cc(NC)nc(C(C)(C)C)n1. The highest BCUT2D eigenvalue weighted by Crippen LogP contribution is 2.23. The second-order valence-corrected chi connectivity index (χ2v) is 4.84. The third-order valence-corrected chi connectivity index (χ3v) is 2.20. The molecule has 0 aliphatic carbocycles. The highest BCUT2D eigenvalue weighted by Gasteiger charge is 2.19. The summed E-state index contributed by atoms with van der Waals surface area (Å²) in [5.74, 6) is 2.16. The summed E-state index contributed by atoms with van der Waals surface area (Å²) >= 11 is 0. The van der Waals surface area contributed by atoms with E-state index in [-0.39, 0.29) is 5.41 Å². The Balaban J connectivity index is 2.93. The molecule has 1 heterocycles. The molecular weight excluding hydrogens is 214 g/mol. The van der Waals surface area contributed by atoms with Crippen LogP contribution < -0.4 is 10.1 Å². The second kappa shape index (κ2) is 5.66. The molecule has 4 heteroatoms. The molecule has 4 nitrogen and oxygen atoms in total. The zero-order valence-corrected chi connectivity index (χ0v) is 11.1. The Labute approximate surface area is 103 Å². The van der Waals surface area contributed by atoms with Gasteiger partial charge in [-0.3, -0.25) is 0 Å². The van der Waals surface area contributed by atoms with Crippen LogP contribution in [0.5, 0.6) is 5.88 Å². The lowest BCUT2D eigenvalue weighted by molar-refractivity contribution is 0.308. The van der Waals surface area contributed by atoms with Gasteiger partial charge in [0.1, 0.15) is 11.6 Å². The van der Waals surface area contributed by atoms with E-state index >= 15 is 0 Å². The minimum Gasteiger partial charge on any atom is -0.477 e. The molecule has 0 fully saturated rings. The number of anilines is 1. The maximum absolute atomic E-state index is 5.56. The van der Waals surface area contributed by atoms with E-state index in [1.165, 1.54) is 0 Å². The van der Waals surface area contributed by atoms with Crippen LogP contribution in [0.3, 0.4) is 0 Å². The van der Waals surface area contributed by atoms with Gasteiger partial charge < -0.3 is 10.1 Å². The van der Waals surface area contributed by atoms with Gasteiger partial charge in [0.25, 0.3) is 0 Å². The van der Waals surface area contributed by atoms with Gasteiger partial charge in [-0.15, -0.1) is 6.58 Å². The lowest BCUT2D eigenvalue weighted by atomic mass is 9.96. The molecule has 0 aromatic carbocycles. The van der Waals surface area contributed by atoms with Gasteiger partial charge in [0.05, 0.1) is 6.61 Å². The molecule has 1 aromatic heterocycles. The Morgan fingerprint density at radius 3 is 2.65 bits per heavy atom. The Kier molecular flexibility index (Phi) is 4.49. The summed E-state index contributed by atoms with van der Waals surface area (Å²) in [6, 6.07) is 1.80. The fourth-order valence-corrected chi connectivity index (χ4v) is 1.21. The Bertz CT molecular complexity index is 383. The highest BCUT2D eigenvalue weighted by molar-refractivity contribution is 5.38. The quantitative estimate of drug-likeness (QED) is 0.629. The third kappa shape index (κ3) is 4.06. The van der Waals surface area contributed by atoms with Crippen molar-refractivity contribution in [2.75, 3.05) is 19.0 Å². The molecule has 0 bridgehead atoms. The molecular formula is C13H21N3O. The second-order valence-electron chi connectivity index (χ2n) is 4.84. The molecule has 0 saturated heterocycles. The number of ether oxygens (including phenoxy) is 1. The zero-order valence-electron chi connectivity index (χ0n) is 11.1. The van der Waals surface area contributed by atoms with Crippen molar-refractivity contribution >= 4 is 5.82 Å². The predicted molar refractivity (Wildman–Crippen MR) is 70.6 cm³/mol. The number of hydrogen-bond donors (Lipinski definition) is 1. The summed E-state index contributed by atoms with van der Waals surface area (Å²) in [5, 5.41) is 3.02. The molecule has 0 amide bonds. The maximum atomic E-state index is 5.56. The van der Waals surface area contributed by atoms with Gasteiger partial charge in [-0.2, -0.15) is 4.98 Å². The van der Waals surface area contributed by atoms with Gasteiger partial charge in [-0.05, 0) is 6.42 Å². The molecule has 0 spiro atoms. The summed E-state index contributed by atoms with van der Waals surface area (Å²) in [5.41, 5.74) is -0.0938. The topological polar surface area (TPSA) is 47.0 Å². The number of hydrogen-bond acceptors (Lipinski definition) is 4. The maximum Gasteiger partial charge on any atom is 0.218 e. The van der Waals surface area contributed by atoms with E-state index in [1.807, 2.05) is 13.1 Å². The van der Waals surface area contributed by atoms with Crippen LogP contribution in [0.1, 0.15) is 33.0 Å². The van der Waals surface area contributed by atoms with Crippen LogP contribution in [0.2, 0.25) is 0 Å². The first kappa shape index (κ1) is 13.5. The summed E-state index contributed by atoms with van der Waals surface area (Å²) < 4.78 is 5.56. The molecule has 0 aliphatic heterocycles. The first-order valence-corrected chi connectivity index (χ1v) is 5.78. The number of rotatable bonds is 5. The van der Waals surface area contributed by atoms with Gasteiger partial charge >= 0.3 is 0 Å². The van der Waals surface area contributed by atoms with Crippen molar-refractivity contribution in [3.8, 4) is 5.88 Å². The zero-order chi connectivity index (χ0) is 12.9. The molecule has 0 aliphatic rings. The number of aromatic nitrogens is 2. The van der Waals surface area contributed by atoms with Crippen LogP contribution in [0.25, 0.3) is 0 Å². The average molecular weight is 235 g/mol. The van der Waals surface area contributed by atoms with E-state index in [9.17, 15) is 0 Å². The fraction of sp³-hybridized carbons (Fsp3) is 0.538. The molecule has 17 heavy (non-hydrogen) atoms. The fourth-order valence-electron chi connectivity index (χ4n) is 1.21. The molecule has 1 rings (SSSR count). The summed E-state index contributed by atoms with van der Waals surface area (Å²) in [4.78, 5) is 8.85. The Morgan fingerprint density at radius 1 is 1.41 bits per heavy atom. The van der Waals surface area contributed by atoms with E-state index in [0.717, 1.165) is 18.1 Å². The first-order chi connectivity index (χ1) is 7.97. The van der Waals surface area contributed by atoms with Crippen LogP contribution in [-0.4, -0.2) is 23.6 Å². The van der Waals surface area contributed by atoms with Crippen LogP contribution in [0, 0.1) is 0 Å². The summed E-state index contributed by atoms with van der Waals surface area (Å²) in [7, 11) is 1.84. The van der Waals surface area contributed by atoms with Crippen molar-refractivity contribution < 1.29 is 4.74 Å². The lowest BCUT2D eigenvalue weighted by Gasteiger charge is -2.18. The molecule has 1 N–H and O–H groups in total. The highest BCUT2D eigenvalue weighted by atomic mass is 16.5. The molecule has 0 saturated carbocycles. The number of nitrogens with one attached hydrogen (secondary N) is 1. The van der Waals surface area contributed by atoms with Crippen molar-refractivity contribution in [3.63, 3.8) is 0 Å². The Hall–Kier alpha value is -1.58. The molecule has 0 unspecified atom stereocenters. The molecule has 0 atom stereocenters. The van der Waals surface area contributed by atoms with E-state index in [1.54, 1.807) is 6.07 Å². The van der Waals surface area contributed by atoms with Crippen LogP contribution in [-0.2, 0) is 5.41 Å². The van der Waals surface area contributed by atoms with Crippen LogP contribution >= 0.6 is 0 Å². The standard InChI is InChI=1S/C13H21N3O/c1-6-7-8-17-11-9-10(14-5)15-12(16-11)13(2,3)4/h6,9H,1,7-8H2,2-5H3,(H,14,15,16). The van der Waals surface area contributed by atoms with Crippen molar-refractivity contribution in [3.05, 3.63) is 24.5 Å². The smallest absolute Gasteiger partial charge is 0.218 e. The van der Waals surface area contributed by atoms with E-state index < -0.39 is 0 Å². The average Bonchev–Trinajstić information content (AvgIpc) is 2.28. The normalized spacial score (nSPS) is 11.1. The minimum absolute atomic E-state index is 0.0938. The third-order valence-electron chi connectivity index (χ3n) is 2.20. The first-order valence-electron chi connectivity index (χ1n) is 5.78. The molecule has 0 radical (unpaired) electrons. The predicted octanol–water partition coefficient (Wildman–Crippen LogP) is 2.77. The van der Waals surface area contributed by atoms with Crippen LogP contribution in [0.4, 0.5) is 5.82 Å². The van der Waals surface area contributed by atoms with Gasteiger partial charge in [0, 0.05) is 18.5 Å². The van der Waals surface area contributed by atoms with Gasteiger partial charge in [-0.25, -0.2) is 4.98 Å². The van der Waals surface area contributed by atoms with E-state index in [4.69, 9.17) is 4.74 Å². The Morgan fingerprint density at radius 2 is 2.12 bits per heavy atom. The monoisotopic (exact) mass is 235 g/mol. The van der Waals surface area contributed by atoms with Crippen molar-refractivity contribution in [1.82, 2.24) is 9.97 Å². The van der Waals surface area contributed by atoms with Crippen molar-refractivity contribution in [2.45, 2.75) is 32.6 Å². The van der Waals surface area contributed by atoms with Gasteiger partial charge in [0.2, 0.25) is 5.88 Å². The van der Waals surface area contributed by atoms with Crippen molar-refractivity contribution in [1.29, 1.82) is 0 Å². The van der Waals surface area contributed by atoms with Gasteiger partial charge in [0.15, 0.2) is 0 Å². The van der Waals surface area contributed by atoms with Crippen molar-refractivity contribution in [2.24, 2.45) is 0 Å². The molecule has 1 aromatic rings. The van der Waals surface area contributed by atoms with E-state index in [2.05, 4.69) is 42.6 Å². The van der Waals surface area contributed by atoms with Crippen LogP contribution in [0.15, 0.2) is 18.7 Å². The summed E-state index contributed by atoms with van der Waals surface area (Å²) in [6.07, 6.45) is 2.63. The van der Waals surface area contributed by atoms with Gasteiger partial charge in [-0.1, -0.05) is 26.8 Å². The summed E-state index contributed by atoms with van der Waals surface area (Å²) in [6.45, 7) is 10.5. The minimum atomic E-state index is -0.0938. The van der Waals surface area contributed by atoms with E-state index in [0.29, 0.717) is 12.5 Å². The lowest BCUT2D eigenvalue weighted by Crippen LogP contribution is -2.17.